The van der Waals surface area contributed by atoms with Crippen molar-refractivity contribution in [1.29, 1.82) is 0 Å². The standard InChI is InChI=1S/C64H74F2N10O18/c1-91-61(83)53(71-63(85)93-36-30-45-16-24-51(25-17-45)75(87)88)10-3-5-32-67-55(77)39-73(41-57(79)69-34-28-43-12-20-49(65)21-13-43)59(81)47-8-7-9-48(38-47)60(82)74(42-58(80)70-35-29-44-14-22-50(66)23-15-44)40-56(78)68-33-6-4-11-54(62(84)92-2)72-64(86)94-37-31-46-18-26-52(27-19-46)76(89)90/h7-9,12-27,38,53-54H,3-6,10-11,28-37,39-42H2,1-2H3,(H,67,77)(H,68,78)(H,69,79)(H,70,80)(H,71,85)(H,72,86)/t53-,54-/m0/s1. The summed E-state index contributed by atoms with van der Waals surface area (Å²) in [5.41, 5.74) is 2.17. The van der Waals surface area contributed by atoms with Crippen molar-refractivity contribution in [2.45, 2.75) is 76.3 Å². The van der Waals surface area contributed by atoms with E-state index in [2.05, 4.69) is 31.9 Å². The molecule has 6 N–H and O–H groups in total. The average Bonchev–Trinajstić information content (AvgIpc) is 0.925. The van der Waals surface area contributed by atoms with Crippen molar-refractivity contribution in [3.63, 3.8) is 0 Å². The number of esters is 2. The number of nitro benzene ring substituents is 2. The van der Waals surface area contributed by atoms with Crippen molar-refractivity contribution in [3.05, 3.63) is 187 Å². The zero-order valence-corrected chi connectivity index (χ0v) is 51.7. The molecule has 5 aromatic carbocycles. The zero-order chi connectivity index (χ0) is 68.4. The van der Waals surface area contributed by atoms with Gasteiger partial charge in [0.2, 0.25) is 23.6 Å². The van der Waals surface area contributed by atoms with Gasteiger partial charge in [0.15, 0.2) is 0 Å². The molecule has 30 heteroatoms. The van der Waals surface area contributed by atoms with E-state index in [0.717, 1.165) is 24.0 Å². The van der Waals surface area contributed by atoms with Crippen molar-refractivity contribution in [3.8, 4) is 0 Å². The molecular formula is C64H74F2N10O18. The number of benzene rings is 5. The Labute approximate surface area is 539 Å². The molecule has 0 aromatic heterocycles. The lowest BCUT2D eigenvalue weighted by Gasteiger charge is -2.24. The lowest BCUT2D eigenvalue weighted by Crippen LogP contribution is -2.47. The number of unbranched alkanes of at least 4 members (excludes halogenated alkanes) is 2. The van der Waals surface area contributed by atoms with Gasteiger partial charge in [0.1, 0.15) is 49.9 Å². The highest BCUT2D eigenvalue weighted by atomic mass is 19.1. The Balaban J connectivity index is 1.21. The molecule has 0 bridgehead atoms. The Morgan fingerprint density at radius 1 is 0.447 bits per heavy atom. The van der Waals surface area contributed by atoms with E-state index in [0.29, 0.717) is 22.3 Å². The third-order valence-corrected chi connectivity index (χ3v) is 14.1. The van der Waals surface area contributed by atoms with Crippen molar-refractivity contribution < 1.29 is 85.5 Å². The van der Waals surface area contributed by atoms with Gasteiger partial charge in [-0.15, -0.1) is 0 Å². The van der Waals surface area contributed by atoms with Crippen molar-refractivity contribution in [2.75, 3.05) is 79.8 Å². The van der Waals surface area contributed by atoms with E-state index in [1.807, 2.05) is 0 Å². The molecule has 5 aromatic rings. The number of rotatable bonds is 38. The molecule has 28 nitrogen and oxygen atoms in total. The Hall–Kier alpha value is -10.9. The van der Waals surface area contributed by atoms with E-state index in [1.54, 1.807) is 0 Å². The van der Waals surface area contributed by atoms with E-state index >= 15 is 0 Å². The SMILES string of the molecule is COC(=O)[C@H](CCCCNC(=O)CN(CC(=O)NCCc1ccc(F)cc1)C(=O)c1cccc(C(=O)N(CC(=O)NCCCC[C@H](NC(=O)OCCc2ccc([N+](=O)[O-])cc2)C(=O)OC)CC(=O)NCCc2ccc(F)cc2)c1)NC(=O)OCCc1ccc([N+](=O)[O-])cc1. The van der Waals surface area contributed by atoms with E-state index in [4.69, 9.17) is 18.9 Å². The number of nitrogens with one attached hydrogen (secondary N) is 6. The van der Waals surface area contributed by atoms with Gasteiger partial charge in [-0.05, 0) is 116 Å². The molecule has 502 valence electrons. The number of hydrogen-bond donors (Lipinski definition) is 6. The monoisotopic (exact) mass is 1310 g/mol. The quantitative estimate of drug-likeness (QED) is 0.00997. The van der Waals surface area contributed by atoms with E-state index in [1.165, 1.54) is 121 Å². The van der Waals surface area contributed by atoms with Crippen LogP contribution in [0.25, 0.3) is 0 Å². The second kappa shape index (κ2) is 39.3. The van der Waals surface area contributed by atoms with E-state index in [-0.39, 0.29) is 126 Å². The number of alkyl carbamates (subject to hydrolysis) is 2. The first-order valence-corrected chi connectivity index (χ1v) is 29.8. The first-order valence-electron chi connectivity index (χ1n) is 29.8. The summed E-state index contributed by atoms with van der Waals surface area (Å²) in [4.78, 5) is 156. The summed E-state index contributed by atoms with van der Waals surface area (Å²) in [7, 11) is 2.26. The van der Waals surface area contributed by atoms with Crippen LogP contribution in [0.15, 0.2) is 121 Å². The summed E-state index contributed by atoms with van der Waals surface area (Å²) in [5.74, 6) is -6.99. The third kappa shape index (κ3) is 26.9. The predicted octanol–water partition coefficient (Wildman–Crippen LogP) is 4.98. The minimum Gasteiger partial charge on any atom is -0.467 e. The van der Waals surface area contributed by atoms with E-state index in [9.17, 15) is 77.0 Å². The molecule has 0 spiro atoms. The Morgan fingerprint density at radius 2 is 0.766 bits per heavy atom. The number of methoxy groups -OCH3 is 2. The lowest BCUT2D eigenvalue weighted by molar-refractivity contribution is -0.385. The number of non-ortho nitro benzene ring substituents is 2. The number of hydrogen-bond acceptors (Lipinski definition) is 18. The molecule has 2 atom stereocenters. The maximum atomic E-state index is 14.4. The number of amides is 8. The van der Waals surface area contributed by atoms with Crippen molar-refractivity contribution in [1.82, 2.24) is 41.7 Å². The van der Waals surface area contributed by atoms with Crippen LogP contribution in [0.4, 0.5) is 29.7 Å². The number of nitro groups is 2. The van der Waals surface area contributed by atoms with Crippen LogP contribution in [0.5, 0.6) is 0 Å². The molecule has 94 heavy (non-hydrogen) atoms. The number of halogens is 2. The maximum absolute atomic E-state index is 14.4. The smallest absolute Gasteiger partial charge is 0.407 e. The molecule has 0 radical (unpaired) electrons. The van der Waals surface area contributed by atoms with Crippen LogP contribution in [-0.4, -0.2) is 171 Å². The summed E-state index contributed by atoms with van der Waals surface area (Å²) in [6, 6.07) is 25.4. The zero-order valence-electron chi connectivity index (χ0n) is 51.7. The largest absolute Gasteiger partial charge is 0.467 e. The van der Waals surface area contributed by atoms with Gasteiger partial charge in [-0.25, -0.2) is 28.0 Å². The van der Waals surface area contributed by atoms with Crippen LogP contribution in [0, 0.1) is 31.9 Å². The summed E-state index contributed by atoms with van der Waals surface area (Å²) < 4.78 is 47.2. The van der Waals surface area contributed by atoms with Crippen LogP contribution in [0.3, 0.4) is 0 Å². The number of carbonyl (C=O) groups excluding carboxylic acids is 10. The van der Waals surface area contributed by atoms with Gasteiger partial charge in [-0.3, -0.25) is 49.0 Å². The molecule has 0 saturated heterocycles. The highest BCUT2D eigenvalue weighted by Gasteiger charge is 2.28. The van der Waals surface area contributed by atoms with Gasteiger partial charge < -0.3 is 60.6 Å². The lowest BCUT2D eigenvalue weighted by atomic mass is 10.1. The fourth-order valence-electron chi connectivity index (χ4n) is 9.11. The third-order valence-electron chi connectivity index (χ3n) is 14.1. The van der Waals surface area contributed by atoms with Gasteiger partial charge >= 0.3 is 24.1 Å². The van der Waals surface area contributed by atoms with Crippen LogP contribution >= 0.6 is 0 Å². The first kappa shape index (κ1) is 73.8. The van der Waals surface area contributed by atoms with Crippen LogP contribution in [0.1, 0.15) is 81.5 Å². The second-order valence-electron chi connectivity index (χ2n) is 21.1. The molecule has 5 rings (SSSR count). The molecule has 8 amide bonds. The van der Waals surface area contributed by atoms with Gasteiger partial charge in [0.25, 0.3) is 23.2 Å². The highest BCUT2D eigenvalue weighted by molar-refractivity contribution is 6.03. The predicted molar refractivity (Wildman–Crippen MR) is 332 cm³/mol. The minimum atomic E-state index is -1.13. The van der Waals surface area contributed by atoms with Crippen molar-refractivity contribution >= 4 is 70.9 Å². The first-order chi connectivity index (χ1) is 45.1. The summed E-state index contributed by atoms with van der Waals surface area (Å²) in [5, 5.41) is 37.5. The average molecular weight is 1310 g/mol. The molecule has 0 aliphatic rings. The fourth-order valence-corrected chi connectivity index (χ4v) is 9.11. The second-order valence-corrected chi connectivity index (χ2v) is 21.1. The number of nitrogens with zero attached hydrogens (tertiary/aromatic N) is 4. The van der Waals surface area contributed by atoms with Gasteiger partial charge in [-0.2, -0.15) is 0 Å². The van der Waals surface area contributed by atoms with Crippen molar-refractivity contribution in [2.24, 2.45) is 0 Å². The fraction of sp³-hybridized carbons (Fsp3) is 0.375. The Kier molecular flexibility index (Phi) is 30.9. The number of carbonyl (C=O) groups is 10. The molecule has 0 unspecified atom stereocenters. The molecule has 0 fully saturated rings. The topological polar surface area (TPSA) is 373 Å². The highest BCUT2D eigenvalue weighted by Crippen LogP contribution is 2.16. The van der Waals surface area contributed by atoms with Crippen LogP contribution in [-0.2, 0) is 73.4 Å². The normalized spacial score (nSPS) is 11.3. The van der Waals surface area contributed by atoms with Gasteiger partial charge in [0.05, 0.1) is 37.3 Å². The minimum absolute atomic E-state index is 0.00852. The molecular weight excluding hydrogens is 1230 g/mol. The Morgan fingerprint density at radius 3 is 1.10 bits per heavy atom. The summed E-state index contributed by atoms with van der Waals surface area (Å²) in [6.45, 7) is -2.73. The van der Waals surface area contributed by atoms with Gasteiger partial charge in [0, 0.05) is 74.4 Å². The number of ether oxygens (including phenoxy) is 4. The molecule has 0 heterocycles. The van der Waals surface area contributed by atoms with Crippen LogP contribution < -0.4 is 31.9 Å². The molecule has 0 aliphatic heterocycles. The summed E-state index contributed by atoms with van der Waals surface area (Å²) in [6.07, 6.45) is 0.348. The van der Waals surface area contributed by atoms with E-state index < -0.39 is 119 Å². The molecule has 0 aliphatic carbocycles. The van der Waals surface area contributed by atoms with Gasteiger partial charge in [-0.1, -0.05) is 54.6 Å². The molecule has 0 saturated carbocycles. The maximum Gasteiger partial charge on any atom is 0.407 e. The summed E-state index contributed by atoms with van der Waals surface area (Å²) >= 11 is 0. The van der Waals surface area contributed by atoms with Crippen LogP contribution in [0.2, 0.25) is 0 Å². The Bertz CT molecular complexity index is 3180.